The molecule has 2 aromatic carbocycles. The number of rotatable bonds is 2. The van der Waals surface area contributed by atoms with E-state index in [4.69, 9.17) is 0 Å². The fraction of sp³-hybridized carbons (Fsp3) is 0.125. The highest BCUT2D eigenvalue weighted by Gasteiger charge is 2.17. The van der Waals surface area contributed by atoms with Gasteiger partial charge in [-0.1, -0.05) is 6.07 Å². The van der Waals surface area contributed by atoms with Gasteiger partial charge in [-0.25, -0.2) is 8.78 Å². The van der Waals surface area contributed by atoms with Crippen molar-refractivity contribution in [2.75, 3.05) is 11.9 Å². The first kappa shape index (κ1) is 14.2. The van der Waals surface area contributed by atoms with Crippen LogP contribution in [0.3, 0.4) is 0 Å². The van der Waals surface area contributed by atoms with Crippen molar-refractivity contribution >= 4 is 17.5 Å². The Morgan fingerprint density at radius 2 is 1.91 bits per heavy atom. The molecule has 1 aliphatic heterocycles. The number of benzene rings is 2. The van der Waals surface area contributed by atoms with E-state index in [1.165, 1.54) is 6.07 Å². The van der Waals surface area contributed by atoms with Crippen molar-refractivity contribution in [3.05, 3.63) is 64.7 Å². The molecule has 0 radical (unpaired) electrons. The summed E-state index contributed by atoms with van der Waals surface area (Å²) < 4.78 is 26.0. The molecule has 4 nitrogen and oxygen atoms in total. The molecular weight excluding hydrogens is 290 g/mol. The number of carbonyl (C=O) groups is 2. The van der Waals surface area contributed by atoms with Crippen molar-refractivity contribution in [1.82, 2.24) is 5.32 Å². The molecule has 0 unspecified atom stereocenters. The molecule has 0 atom stereocenters. The topological polar surface area (TPSA) is 58.2 Å². The van der Waals surface area contributed by atoms with Gasteiger partial charge in [0.15, 0.2) is 11.6 Å². The minimum absolute atomic E-state index is 0.000993. The molecule has 2 aromatic rings. The normalized spacial score (nSPS) is 13.3. The molecule has 0 saturated carbocycles. The molecule has 1 heterocycles. The lowest BCUT2D eigenvalue weighted by molar-refractivity contribution is 0.0944. The van der Waals surface area contributed by atoms with Gasteiger partial charge in [0.05, 0.1) is 0 Å². The fourth-order valence-electron chi connectivity index (χ4n) is 2.33. The highest BCUT2D eigenvalue weighted by atomic mass is 19.2. The van der Waals surface area contributed by atoms with Crippen LogP contribution in [0.25, 0.3) is 0 Å². The second-order valence-electron chi connectivity index (χ2n) is 4.96. The lowest BCUT2D eigenvalue weighted by atomic mass is 10.00. The third-order valence-electron chi connectivity index (χ3n) is 3.47. The summed E-state index contributed by atoms with van der Waals surface area (Å²) in [4.78, 5) is 23.8. The summed E-state index contributed by atoms with van der Waals surface area (Å²) in [6.45, 7) is 0.590. The van der Waals surface area contributed by atoms with Crippen LogP contribution in [0.1, 0.15) is 26.3 Å². The standard InChI is InChI=1S/C16H12F2N2O2/c17-13-4-2-10(7-14(13)18)15(21)20-11-3-1-9-5-6-19-16(22)12(9)8-11/h1-4,7-8H,5-6H2,(H,19,22)(H,20,21). The van der Waals surface area contributed by atoms with Gasteiger partial charge in [0.2, 0.25) is 0 Å². The van der Waals surface area contributed by atoms with Gasteiger partial charge in [-0.05, 0) is 42.3 Å². The van der Waals surface area contributed by atoms with Crippen LogP contribution in [-0.2, 0) is 6.42 Å². The Bertz CT molecular complexity index is 775. The number of fused-ring (bicyclic) bond motifs is 1. The van der Waals surface area contributed by atoms with E-state index < -0.39 is 17.5 Å². The SMILES string of the molecule is O=C(Nc1ccc2c(c1)C(=O)NCC2)c1ccc(F)c(F)c1. The summed E-state index contributed by atoms with van der Waals surface area (Å²) in [5.41, 5.74) is 1.84. The average molecular weight is 302 g/mol. The van der Waals surface area contributed by atoms with Crippen molar-refractivity contribution in [1.29, 1.82) is 0 Å². The van der Waals surface area contributed by atoms with Gasteiger partial charge in [0.1, 0.15) is 0 Å². The van der Waals surface area contributed by atoms with Crippen LogP contribution in [0, 0.1) is 11.6 Å². The van der Waals surface area contributed by atoms with E-state index in [2.05, 4.69) is 10.6 Å². The van der Waals surface area contributed by atoms with Gasteiger partial charge in [0, 0.05) is 23.4 Å². The highest BCUT2D eigenvalue weighted by molar-refractivity contribution is 6.05. The van der Waals surface area contributed by atoms with E-state index >= 15 is 0 Å². The summed E-state index contributed by atoms with van der Waals surface area (Å²) in [7, 11) is 0. The van der Waals surface area contributed by atoms with E-state index in [1.54, 1.807) is 18.2 Å². The minimum Gasteiger partial charge on any atom is -0.352 e. The maximum Gasteiger partial charge on any atom is 0.255 e. The number of hydrogen-bond acceptors (Lipinski definition) is 2. The average Bonchev–Trinajstić information content (AvgIpc) is 2.51. The summed E-state index contributed by atoms with van der Waals surface area (Å²) in [5.74, 6) is -2.86. The molecule has 6 heteroatoms. The van der Waals surface area contributed by atoms with Gasteiger partial charge < -0.3 is 10.6 Å². The third kappa shape index (κ3) is 2.67. The molecule has 0 fully saturated rings. The number of anilines is 1. The zero-order chi connectivity index (χ0) is 15.7. The van der Waals surface area contributed by atoms with Gasteiger partial charge in [-0.2, -0.15) is 0 Å². The Kier molecular flexibility index (Phi) is 3.58. The van der Waals surface area contributed by atoms with Gasteiger partial charge in [0.25, 0.3) is 11.8 Å². The molecular formula is C16H12F2N2O2. The quantitative estimate of drug-likeness (QED) is 0.895. The van der Waals surface area contributed by atoms with E-state index in [1.807, 2.05) is 0 Å². The van der Waals surface area contributed by atoms with Crippen LogP contribution >= 0.6 is 0 Å². The van der Waals surface area contributed by atoms with Crippen molar-refractivity contribution in [2.45, 2.75) is 6.42 Å². The predicted molar refractivity (Wildman–Crippen MR) is 76.8 cm³/mol. The number of halogens is 2. The van der Waals surface area contributed by atoms with Crippen LogP contribution in [0.5, 0.6) is 0 Å². The van der Waals surface area contributed by atoms with Gasteiger partial charge in [-0.3, -0.25) is 9.59 Å². The third-order valence-corrected chi connectivity index (χ3v) is 3.47. The van der Waals surface area contributed by atoms with Crippen LogP contribution in [0.4, 0.5) is 14.5 Å². The van der Waals surface area contributed by atoms with Crippen molar-refractivity contribution < 1.29 is 18.4 Å². The summed E-state index contributed by atoms with van der Waals surface area (Å²) in [6, 6.07) is 7.94. The van der Waals surface area contributed by atoms with Crippen molar-refractivity contribution in [2.24, 2.45) is 0 Å². The number of hydrogen-bond donors (Lipinski definition) is 2. The number of amides is 2. The van der Waals surface area contributed by atoms with Crippen LogP contribution in [0.2, 0.25) is 0 Å². The molecule has 1 aliphatic rings. The first-order valence-electron chi connectivity index (χ1n) is 6.72. The Morgan fingerprint density at radius 1 is 1.09 bits per heavy atom. The predicted octanol–water partition coefficient (Wildman–Crippen LogP) is 2.50. The summed E-state index contributed by atoms with van der Waals surface area (Å²) >= 11 is 0. The Hall–Kier alpha value is -2.76. The van der Waals surface area contributed by atoms with Crippen molar-refractivity contribution in [3.63, 3.8) is 0 Å². The Morgan fingerprint density at radius 3 is 2.68 bits per heavy atom. The fourth-order valence-corrected chi connectivity index (χ4v) is 2.33. The van der Waals surface area contributed by atoms with E-state index in [-0.39, 0.29) is 11.5 Å². The first-order chi connectivity index (χ1) is 10.5. The molecule has 0 aromatic heterocycles. The number of carbonyl (C=O) groups excluding carboxylic acids is 2. The van der Waals surface area contributed by atoms with Crippen LogP contribution < -0.4 is 10.6 Å². The highest BCUT2D eigenvalue weighted by Crippen LogP contribution is 2.20. The molecule has 0 aliphatic carbocycles. The van der Waals surface area contributed by atoms with Gasteiger partial charge >= 0.3 is 0 Å². The Balaban J connectivity index is 1.83. The zero-order valence-electron chi connectivity index (χ0n) is 11.5. The van der Waals surface area contributed by atoms with Crippen molar-refractivity contribution in [3.8, 4) is 0 Å². The molecule has 2 N–H and O–H groups in total. The largest absolute Gasteiger partial charge is 0.352 e. The Labute approximate surface area is 125 Å². The smallest absolute Gasteiger partial charge is 0.255 e. The van der Waals surface area contributed by atoms with E-state index in [0.29, 0.717) is 17.8 Å². The second-order valence-corrected chi connectivity index (χ2v) is 4.96. The number of nitrogens with one attached hydrogen (secondary N) is 2. The zero-order valence-corrected chi connectivity index (χ0v) is 11.5. The summed E-state index contributed by atoms with van der Waals surface area (Å²) in [6.07, 6.45) is 0.735. The maximum atomic E-state index is 13.1. The lowest BCUT2D eigenvalue weighted by Crippen LogP contribution is -2.31. The molecule has 112 valence electrons. The lowest BCUT2D eigenvalue weighted by Gasteiger charge is -2.17. The molecule has 0 spiro atoms. The first-order valence-corrected chi connectivity index (χ1v) is 6.72. The van der Waals surface area contributed by atoms with E-state index in [9.17, 15) is 18.4 Å². The van der Waals surface area contributed by atoms with Crippen LogP contribution in [-0.4, -0.2) is 18.4 Å². The van der Waals surface area contributed by atoms with E-state index in [0.717, 1.165) is 24.1 Å². The van der Waals surface area contributed by atoms with Crippen LogP contribution in [0.15, 0.2) is 36.4 Å². The maximum absolute atomic E-state index is 13.1. The molecule has 0 saturated heterocycles. The molecule has 22 heavy (non-hydrogen) atoms. The monoisotopic (exact) mass is 302 g/mol. The summed E-state index contributed by atoms with van der Waals surface area (Å²) in [5, 5.41) is 5.29. The molecule has 0 bridgehead atoms. The molecule has 3 rings (SSSR count). The molecule has 2 amide bonds. The minimum atomic E-state index is -1.09. The van der Waals surface area contributed by atoms with Gasteiger partial charge in [-0.15, -0.1) is 0 Å². The second kappa shape index (κ2) is 5.55.